The van der Waals surface area contributed by atoms with Crippen LogP contribution in [-0.2, 0) is 0 Å². The molecule has 0 bridgehead atoms. The van der Waals surface area contributed by atoms with E-state index in [9.17, 15) is 0 Å². The highest BCUT2D eigenvalue weighted by Crippen LogP contribution is 2.30. The fraction of sp³-hybridized carbons (Fsp3) is 1.00. The largest absolute Gasteiger partial charge is 0.325 e. The molecule has 0 saturated heterocycles. The van der Waals surface area contributed by atoms with E-state index in [4.69, 9.17) is 5.73 Å². The fourth-order valence-electron chi connectivity index (χ4n) is 2.29. The highest BCUT2D eigenvalue weighted by molar-refractivity contribution is 4.89. The fourth-order valence-corrected chi connectivity index (χ4v) is 2.29. The van der Waals surface area contributed by atoms with Gasteiger partial charge < -0.3 is 11.1 Å². The normalized spacial score (nSPS) is 26.5. The van der Waals surface area contributed by atoms with Crippen LogP contribution in [-0.4, -0.2) is 18.6 Å². The van der Waals surface area contributed by atoms with Crippen molar-refractivity contribution in [3.63, 3.8) is 0 Å². The highest BCUT2D eigenvalue weighted by atomic mass is 14.9. The third-order valence-corrected chi connectivity index (χ3v) is 3.53. The highest BCUT2D eigenvalue weighted by Gasteiger charge is 2.28. The molecule has 0 atom stereocenters. The molecule has 3 N–H and O–H groups in total. The first-order valence-corrected chi connectivity index (χ1v) is 5.78. The predicted molar refractivity (Wildman–Crippen MR) is 55.6 cm³/mol. The number of rotatable bonds is 5. The van der Waals surface area contributed by atoms with Gasteiger partial charge in [0, 0.05) is 5.54 Å². The Balaban J connectivity index is 1.55. The van der Waals surface area contributed by atoms with Crippen LogP contribution in [0, 0.1) is 5.92 Å². The second kappa shape index (κ2) is 3.97. The summed E-state index contributed by atoms with van der Waals surface area (Å²) in [6, 6.07) is 0. The van der Waals surface area contributed by atoms with E-state index in [1.54, 1.807) is 0 Å². The summed E-state index contributed by atoms with van der Waals surface area (Å²) in [5.41, 5.74) is 6.44. The molecule has 0 unspecified atom stereocenters. The second-order valence-corrected chi connectivity index (χ2v) is 4.97. The SMILES string of the molecule is NC1(CCNCC2CC2)CCCC1. The monoisotopic (exact) mass is 182 g/mol. The molecule has 0 amide bonds. The summed E-state index contributed by atoms with van der Waals surface area (Å²) in [6.07, 6.45) is 9.26. The summed E-state index contributed by atoms with van der Waals surface area (Å²) >= 11 is 0. The molecule has 0 heterocycles. The molecule has 0 radical (unpaired) electrons. The molecule has 2 heteroatoms. The molecular weight excluding hydrogens is 160 g/mol. The maximum atomic E-state index is 6.25. The van der Waals surface area contributed by atoms with Gasteiger partial charge >= 0.3 is 0 Å². The number of hydrogen-bond donors (Lipinski definition) is 2. The van der Waals surface area contributed by atoms with Crippen LogP contribution in [0.1, 0.15) is 44.9 Å². The van der Waals surface area contributed by atoms with Crippen molar-refractivity contribution in [2.45, 2.75) is 50.5 Å². The summed E-state index contributed by atoms with van der Waals surface area (Å²) in [7, 11) is 0. The van der Waals surface area contributed by atoms with Gasteiger partial charge in [-0.3, -0.25) is 0 Å². The van der Waals surface area contributed by atoms with E-state index in [0.29, 0.717) is 0 Å². The van der Waals surface area contributed by atoms with Gasteiger partial charge in [0.1, 0.15) is 0 Å². The van der Waals surface area contributed by atoms with E-state index in [0.717, 1.165) is 12.5 Å². The van der Waals surface area contributed by atoms with Gasteiger partial charge in [0.15, 0.2) is 0 Å². The van der Waals surface area contributed by atoms with Crippen molar-refractivity contribution in [2.75, 3.05) is 13.1 Å². The maximum Gasteiger partial charge on any atom is 0.0166 e. The molecule has 2 fully saturated rings. The second-order valence-electron chi connectivity index (χ2n) is 4.97. The van der Waals surface area contributed by atoms with Crippen LogP contribution in [0.3, 0.4) is 0 Å². The van der Waals surface area contributed by atoms with E-state index in [1.807, 2.05) is 0 Å². The third kappa shape index (κ3) is 2.96. The van der Waals surface area contributed by atoms with Gasteiger partial charge in [0.2, 0.25) is 0 Å². The minimum Gasteiger partial charge on any atom is -0.325 e. The van der Waals surface area contributed by atoms with Crippen molar-refractivity contribution in [2.24, 2.45) is 11.7 Å². The molecule has 0 spiro atoms. The van der Waals surface area contributed by atoms with Crippen LogP contribution in [0.25, 0.3) is 0 Å². The van der Waals surface area contributed by atoms with Crippen LogP contribution >= 0.6 is 0 Å². The Bertz CT molecular complexity index is 157. The van der Waals surface area contributed by atoms with Crippen LogP contribution in [0.2, 0.25) is 0 Å². The standard InChI is InChI=1S/C11H22N2/c12-11(5-1-2-6-11)7-8-13-9-10-3-4-10/h10,13H,1-9,12H2. The lowest BCUT2D eigenvalue weighted by Crippen LogP contribution is -2.39. The summed E-state index contributed by atoms with van der Waals surface area (Å²) in [5, 5.41) is 3.52. The number of hydrogen-bond acceptors (Lipinski definition) is 2. The van der Waals surface area contributed by atoms with Crippen molar-refractivity contribution in [1.82, 2.24) is 5.32 Å². The summed E-state index contributed by atoms with van der Waals surface area (Å²) in [4.78, 5) is 0. The van der Waals surface area contributed by atoms with Crippen LogP contribution in [0.15, 0.2) is 0 Å². The lowest BCUT2D eigenvalue weighted by Gasteiger charge is -2.23. The van der Waals surface area contributed by atoms with Crippen molar-refractivity contribution >= 4 is 0 Å². The van der Waals surface area contributed by atoms with E-state index >= 15 is 0 Å². The van der Waals surface area contributed by atoms with Gasteiger partial charge in [-0.25, -0.2) is 0 Å². The molecule has 0 aromatic heterocycles. The lowest BCUT2D eigenvalue weighted by molar-refractivity contribution is 0.392. The third-order valence-electron chi connectivity index (χ3n) is 3.53. The average molecular weight is 182 g/mol. The van der Waals surface area contributed by atoms with Crippen molar-refractivity contribution in [3.8, 4) is 0 Å². The summed E-state index contributed by atoms with van der Waals surface area (Å²) in [6.45, 7) is 2.36. The quantitative estimate of drug-likeness (QED) is 0.634. The van der Waals surface area contributed by atoms with Crippen LogP contribution < -0.4 is 11.1 Å². The van der Waals surface area contributed by atoms with Gasteiger partial charge in [-0.05, 0) is 51.1 Å². The smallest absolute Gasteiger partial charge is 0.0166 e. The Morgan fingerprint density at radius 1 is 1.23 bits per heavy atom. The first kappa shape index (κ1) is 9.47. The van der Waals surface area contributed by atoms with Gasteiger partial charge in [0.05, 0.1) is 0 Å². The summed E-state index contributed by atoms with van der Waals surface area (Å²) in [5.74, 6) is 0.998. The Morgan fingerprint density at radius 2 is 1.92 bits per heavy atom. The van der Waals surface area contributed by atoms with Crippen molar-refractivity contribution < 1.29 is 0 Å². The minimum absolute atomic E-state index is 0.191. The molecule has 0 aromatic carbocycles. The van der Waals surface area contributed by atoms with Crippen molar-refractivity contribution in [1.29, 1.82) is 0 Å². The molecule has 2 aliphatic carbocycles. The molecule has 2 saturated carbocycles. The first-order valence-electron chi connectivity index (χ1n) is 5.78. The molecule has 76 valence electrons. The zero-order chi connectivity index (χ0) is 9.15. The molecule has 2 aliphatic rings. The number of nitrogens with one attached hydrogen (secondary N) is 1. The topological polar surface area (TPSA) is 38.0 Å². The molecular formula is C11H22N2. The van der Waals surface area contributed by atoms with Crippen LogP contribution in [0.5, 0.6) is 0 Å². The molecule has 2 nitrogen and oxygen atoms in total. The van der Waals surface area contributed by atoms with Gasteiger partial charge in [-0.1, -0.05) is 12.8 Å². The molecule has 0 aromatic rings. The average Bonchev–Trinajstić information content (AvgIpc) is 2.84. The van der Waals surface area contributed by atoms with Gasteiger partial charge in [-0.15, -0.1) is 0 Å². The van der Waals surface area contributed by atoms with E-state index in [-0.39, 0.29) is 5.54 Å². The molecule has 13 heavy (non-hydrogen) atoms. The lowest BCUT2D eigenvalue weighted by atomic mass is 9.95. The van der Waals surface area contributed by atoms with Crippen LogP contribution in [0.4, 0.5) is 0 Å². The Labute approximate surface area is 81.3 Å². The Hall–Kier alpha value is -0.0800. The minimum atomic E-state index is 0.191. The predicted octanol–water partition coefficient (Wildman–Crippen LogP) is 1.65. The van der Waals surface area contributed by atoms with Crippen molar-refractivity contribution in [3.05, 3.63) is 0 Å². The zero-order valence-corrected chi connectivity index (χ0v) is 8.52. The summed E-state index contributed by atoms with van der Waals surface area (Å²) < 4.78 is 0. The molecule has 0 aliphatic heterocycles. The maximum absolute atomic E-state index is 6.25. The van der Waals surface area contributed by atoms with E-state index in [1.165, 1.54) is 51.5 Å². The van der Waals surface area contributed by atoms with E-state index < -0.39 is 0 Å². The van der Waals surface area contributed by atoms with Gasteiger partial charge in [-0.2, -0.15) is 0 Å². The Morgan fingerprint density at radius 3 is 2.54 bits per heavy atom. The Kier molecular flexibility index (Phi) is 2.89. The van der Waals surface area contributed by atoms with E-state index in [2.05, 4.69) is 5.32 Å². The zero-order valence-electron chi connectivity index (χ0n) is 8.52. The number of nitrogens with two attached hydrogens (primary N) is 1. The van der Waals surface area contributed by atoms with Gasteiger partial charge in [0.25, 0.3) is 0 Å². The molecule has 2 rings (SSSR count). The first-order chi connectivity index (χ1) is 6.29.